The largest absolute Gasteiger partial charge is 0.351 e. The second-order valence-electron chi connectivity index (χ2n) is 8.67. The lowest BCUT2D eigenvalue weighted by molar-refractivity contribution is -0.121. The monoisotopic (exact) mass is 472 g/mol. The van der Waals surface area contributed by atoms with E-state index in [1.807, 2.05) is 48.5 Å². The number of carbonyl (C=O) groups excluding carboxylic acids is 2. The number of rotatable bonds is 4. The average Bonchev–Trinajstić information content (AvgIpc) is 3.25. The first-order valence-electron chi connectivity index (χ1n) is 11.5. The van der Waals surface area contributed by atoms with Crippen LogP contribution in [0.25, 0.3) is 11.3 Å². The van der Waals surface area contributed by atoms with Crippen molar-refractivity contribution in [2.24, 2.45) is 0 Å². The number of thioether (sulfide) groups is 1. The summed E-state index contributed by atoms with van der Waals surface area (Å²) in [5, 5.41) is 9.92. The smallest absolute Gasteiger partial charge is 0.327 e. The number of nitrogens with zero attached hydrogens (tertiary/aromatic N) is 3. The van der Waals surface area contributed by atoms with Crippen LogP contribution in [0.5, 0.6) is 0 Å². The summed E-state index contributed by atoms with van der Waals surface area (Å²) in [6, 6.07) is 14.8. The van der Waals surface area contributed by atoms with Gasteiger partial charge in [-0.1, -0.05) is 30.0 Å². The van der Waals surface area contributed by atoms with Crippen molar-refractivity contribution >= 4 is 35.1 Å². The predicted octanol–water partition coefficient (Wildman–Crippen LogP) is 3.39. The number of pyridine rings is 2. The molecule has 3 aromatic rings. The molecule has 8 nitrogen and oxygen atoms in total. The highest BCUT2D eigenvalue weighted by atomic mass is 32.2. The third kappa shape index (κ3) is 3.70. The van der Waals surface area contributed by atoms with Crippen LogP contribution >= 0.6 is 11.8 Å². The molecule has 0 aliphatic carbocycles. The van der Waals surface area contributed by atoms with Crippen molar-refractivity contribution in [1.82, 2.24) is 25.9 Å². The van der Waals surface area contributed by atoms with Gasteiger partial charge >= 0.3 is 6.03 Å². The number of anilines is 2. The molecule has 1 saturated heterocycles. The number of aromatic nitrogens is 2. The van der Waals surface area contributed by atoms with Crippen LogP contribution in [0.2, 0.25) is 0 Å². The highest BCUT2D eigenvalue weighted by molar-refractivity contribution is 8.01. The summed E-state index contributed by atoms with van der Waals surface area (Å²) in [5.41, 5.74) is 4.16. The fraction of sp³-hybridized carbons (Fsp3) is 0.280. The Morgan fingerprint density at radius 1 is 1.12 bits per heavy atom. The molecule has 3 N–H and O–H groups in total. The Labute approximate surface area is 201 Å². The molecule has 34 heavy (non-hydrogen) atoms. The second kappa shape index (κ2) is 8.73. The van der Waals surface area contributed by atoms with Crippen molar-refractivity contribution < 1.29 is 9.59 Å². The second-order valence-corrected chi connectivity index (χ2v) is 9.80. The lowest BCUT2D eigenvalue weighted by atomic mass is 9.99. The molecule has 0 spiro atoms. The number of carbonyl (C=O) groups is 2. The molecule has 3 aliphatic heterocycles. The maximum atomic E-state index is 13.4. The quantitative estimate of drug-likeness (QED) is 0.538. The van der Waals surface area contributed by atoms with Crippen molar-refractivity contribution in [3.63, 3.8) is 0 Å². The zero-order chi connectivity index (χ0) is 23.1. The molecule has 172 valence electrons. The van der Waals surface area contributed by atoms with E-state index in [-0.39, 0.29) is 18.0 Å². The van der Waals surface area contributed by atoms with Crippen LogP contribution in [0, 0.1) is 0 Å². The molecule has 2 aromatic heterocycles. The number of hydrogen-bond donors (Lipinski definition) is 3. The van der Waals surface area contributed by atoms with E-state index >= 15 is 0 Å². The van der Waals surface area contributed by atoms with Crippen molar-refractivity contribution in [3.8, 4) is 11.3 Å². The Morgan fingerprint density at radius 3 is 2.88 bits per heavy atom. The normalized spacial score (nSPS) is 23.2. The van der Waals surface area contributed by atoms with Gasteiger partial charge in [-0.3, -0.25) is 14.7 Å². The number of benzene rings is 1. The van der Waals surface area contributed by atoms with Gasteiger partial charge in [0.05, 0.1) is 23.1 Å². The Bertz CT molecular complexity index is 1250. The van der Waals surface area contributed by atoms with E-state index in [2.05, 4.69) is 25.9 Å². The average molecular weight is 473 g/mol. The molecule has 3 atom stereocenters. The van der Waals surface area contributed by atoms with Crippen molar-refractivity contribution in [1.29, 1.82) is 0 Å². The lowest BCUT2D eigenvalue weighted by Crippen LogP contribution is -2.52. The van der Waals surface area contributed by atoms with Gasteiger partial charge in [0.15, 0.2) is 0 Å². The number of piperidine rings is 1. The van der Waals surface area contributed by atoms with Crippen LogP contribution in [0.4, 0.5) is 16.2 Å². The number of nitrogens with one attached hydrogen (secondary N) is 3. The van der Waals surface area contributed by atoms with Crippen LogP contribution < -0.4 is 20.9 Å². The Hall–Kier alpha value is -3.43. The standard InChI is InChI=1S/C25H24N6O2S/c32-23(29-16-6-4-10-26-14-16)22-21-20-19(9-12-28-24(20)34-22)31(25(33)30-21)17-7-3-5-15(13-17)18-8-1-2-11-27-18/h1-3,5,7-9,11-13,16,21-22,26H,4,6,10,14H2,(H,29,32)(H,30,33)/t16?,21?,22-/m1/s1. The zero-order valence-electron chi connectivity index (χ0n) is 18.4. The van der Waals surface area contributed by atoms with E-state index in [0.29, 0.717) is 0 Å². The minimum atomic E-state index is -0.448. The van der Waals surface area contributed by atoms with Gasteiger partial charge in [0.1, 0.15) is 10.3 Å². The number of hydrogen-bond acceptors (Lipinski definition) is 6. The van der Waals surface area contributed by atoms with Gasteiger partial charge < -0.3 is 16.0 Å². The van der Waals surface area contributed by atoms with E-state index in [4.69, 9.17) is 0 Å². The minimum absolute atomic E-state index is 0.0569. The Kier molecular flexibility index (Phi) is 5.43. The highest BCUT2D eigenvalue weighted by Gasteiger charge is 2.46. The van der Waals surface area contributed by atoms with Gasteiger partial charge in [-0.15, -0.1) is 0 Å². The third-order valence-electron chi connectivity index (χ3n) is 6.47. The molecule has 0 saturated carbocycles. The van der Waals surface area contributed by atoms with Crippen LogP contribution in [0.15, 0.2) is 66.0 Å². The maximum Gasteiger partial charge on any atom is 0.327 e. The van der Waals surface area contributed by atoms with Crippen molar-refractivity contribution in [3.05, 3.63) is 66.5 Å². The molecule has 1 fully saturated rings. The molecule has 9 heteroatoms. The number of amides is 3. The Morgan fingerprint density at radius 2 is 2.06 bits per heavy atom. The fourth-order valence-electron chi connectivity index (χ4n) is 4.88. The van der Waals surface area contributed by atoms with Gasteiger partial charge in [-0.25, -0.2) is 9.78 Å². The third-order valence-corrected chi connectivity index (χ3v) is 7.76. The molecule has 0 bridgehead atoms. The summed E-state index contributed by atoms with van der Waals surface area (Å²) in [6.45, 7) is 1.76. The van der Waals surface area contributed by atoms with Crippen LogP contribution in [-0.2, 0) is 4.79 Å². The number of urea groups is 1. The summed E-state index contributed by atoms with van der Waals surface area (Å²) in [6.07, 6.45) is 5.46. The summed E-state index contributed by atoms with van der Waals surface area (Å²) in [7, 11) is 0. The van der Waals surface area contributed by atoms with Crippen LogP contribution in [0.3, 0.4) is 0 Å². The van der Waals surface area contributed by atoms with Gasteiger partial charge in [-0.05, 0) is 49.7 Å². The summed E-state index contributed by atoms with van der Waals surface area (Å²) in [4.78, 5) is 37.2. The molecular weight excluding hydrogens is 448 g/mol. The minimum Gasteiger partial charge on any atom is -0.351 e. The van der Waals surface area contributed by atoms with Gasteiger partial charge in [0.25, 0.3) is 0 Å². The lowest BCUT2D eigenvalue weighted by Gasteiger charge is -2.34. The molecule has 1 aromatic carbocycles. The summed E-state index contributed by atoms with van der Waals surface area (Å²) in [5.74, 6) is -0.0569. The van der Waals surface area contributed by atoms with E-state index in [9.17, 15) is 9.59 Å². The first kappa shape index (κ1) is 21.1. The zero-order valence-corrected chi connectivity index (χ0v) is 19.2. The SMILES string of the molecule is O=C(NC1CCCNC1)[C@@H]1Sc2nccc3c2C1NC(=O)N3c1cccc(-c2ccccn2)c1. The topological polar surface area (TPSA) is 99.2 Å². The van der Waals surface area contributed by atoms with Crippen molar-refractivity contribution in [2.45, 2.75) is 35.2 Å². The molecule has 6 rings (SSSR count). The molecule has 3 amide bonds. The molecule has 0 radical (unpaired) electrons. The molecular formula is C25H24N6O2S. The maximum absolute atomic E-state index is 13.4. The van der Waals surface area contributed by atoms with E-state index in [1.165, 1.54) is 11.8 Å². The fourth-order valence-corrected chi connectivity index (χ4v) is 6.11. The summed E-state index contributed by atoms with van der Waals surface area (Å²) < 4.78 is 0. The van der Waals surface area contributed by atoms with Gasteiger partial charge in [0.2, 0.25) is 5.91 Å². The van der Waals surface area contributed by atoms with E-state index in [1.54, 1.807) is 17.3 Å². The molecule has 5 heterocycles. The van der Waals surface area contributed by atoms with Gasteiger partial charge in [-0.2, -0.15) is 0 Å². The first-order chi connectivity index (χ1) is 16.7. The molecule has 2 unspecified atom stereocenters. The summed E-state index contributed by atoms with van der Waals surface area (Å²) >= 11 is 1.42. The molecule has 3 aliphatic rings. The van der Waals surface area contributed by atoms with Crippen LogP contribution in [-0.4, -0.2) is 46.3 Å². The van der Waals surface area contributed by atoms with Gasteiger partial charge in [0, 0.05) is 36.1 Å². The van der Waals surface area contributed by atoms with Crippen molar-refractivity contribution in [2.75, 3.05) is 18.0 Å². The first-order valence-corrected chi connectivity index (χ1v) is 12.4. The highest BCUT2D eigenvalue weighted by Crippen LogP contribution is 2.50. The predicted molar refractivity (Wildman–Crippen MR) is 131 cm³/mol. The van der Waals surface area contributed by atoms with Crippen LogP contribution in [0.1, 0.15) is 24.4 Å². The van der Waals surface area contributed by atoms with E-state index < -0.39 is 11.3 Å². The Balaban J connectivity index is 1.32. The van der Waals surface area contributed by atoms with E-state index in [0.717, 1.165) is 59.2 Å².